The quantitative estimate of drug-likeness (QED) is 0.799. The molecule has 0 spiro atoms. The van der Waals surface area contributed by atoms with E-state index in [-0.39, 0.29) is 5.43 Å². The van der Waals surface area contributed by atoms with Gasteiger partial charge in [0.2, 0.25) is 5.43 Å². The molecule has 1 aromatic heterocycles. The number of aromatic nitrogens is 2. The van der Waals surface area contributed by atoms with Crippen LogP contribution in [0.1, 0.15) is 22.5 Å². The Morgan fingerprint density at radius 1 is 1.17 bits per heavy atom. The molecule has 0 bridgehead atoms. The monoisotopic (exact) mass is 306 g/mol. The van der Waals surface area contributed by atoms with Crippen LogP contribution < -0.4 is 5.43 Å². The smallest absolute Gasteiger partial charge is 0.204 e. The van der Waals surface area contributed by atoms with Crippen LogP contribution in [-0.4, -0.2) is 9.78 Å². The summed E-state index contributed by atoms with van der Waals surface area (Å²) in [6.07, 6.45) is 0. The highest BCUT2D eigenvalue weighted by Crippen LogP contribution is 2.14. The highest BCUT2D eigenvalue weighted by Gasteiger charge is 2.07. The lowest BCUT2D eigenvalue weighted by atomic mass is 10.1. The molecule has 0 aliphatic carbocycles. The zero-order chi connectivity index (χ0) is 13.3. The van der Waals surface area contributed by atoms with Gasteiger partial charge in [0, 0.05) is 11.8 Å². The Bertz CT molecular complexity index is 647. The van der Waals surface area contributed by atoms with Crippen LogP contribution >= 0.6 is 15.9 Å². The van der Waals surface area contributed by atoms with Crippen LogP contribution in [0, 0.1) is 20.8 Å². The average Bonchev–Trinajstić information content (AvgIpc) is 2.33. The van der Waals surface area contributed by atoms with Crippen LogP contribution in [0.15, 0.2) is 29.1 Å². The number of aryl methyl sites for hydroxylation is 3. The summed E-state index contributed by atoms with van der Waals surface area (Å²) in [4.78, 5) is 11.7. The average molecular weight is 307 g/mol. The van der Waals surface area contributed by atoms with Crippen molar-refractivity contribution in [2.45, 2.75) is 26.1 Å². The van der Waals surface area contributed by atoms with Crippen molar-refractivity contribution in [3.63, 3.8) is 0 Å². The molecule has 2 rings (SSSR count). The number of benzene rings is 1. The number of rotatable bonds is 2. The van der Waals surface area contributed by atoms with Gasteiger partial charge in [-0.3, -0.25) is 4.79 Å². The molecule has 0 saturated heterocycles. The molecule has 2 aromatic rings. The highest BCUT2D eigenvalue weighted by molar-refractivity contribution is 9.08. The van der Waals surface area contributed by atoms with Gasteiger partial charge < -0.3 is 0 Å². The molecule has 1 heterocycles. The molecule has 0 amide bonds. The fourth-order valence-corrected chi connectivity index (χ4v) is 2.18. The predicted molar refractivity (Wildman–Crippen MR) is 76.7 cm³/mol. The molecule has 0 radical (unpaired) electrons. The Morgan fingerprint density at radius 3 is 2.50 bits per heavy atom. The van der Waals surface area contributed by atoms with E-state index >= 15 is 0 Å². The van der Waals surface area contributed by atoms with Crippen molar-refractivity contribution in [1.82, 2.24) is 9.78 Å². The Labute approximate surface area is 115 Å². The van der Waals surface area contributed by atoms with Crippen LogP contribution in [0.5, 0.6) is 0 Å². The third-order valence-corrected chi connectivity index (χ3v) is 3.57. The number of hydrogen-bond donors (Lipinski definition) is 0. The van der Waals surface area contributed by atoms with Crippen molar-refractivity contribution in [2.24, 2.45) is 0 Å². The summed E-state index contributed by atoms with van der Waals surface area (Å²) in [7, 11) is 0. The maximum absolute atomic E-state index is 11.7. The van der Waals surface area contributed by atoms with Gasteiger partial charge in [-0.1, -0.05) is 22.0 Å². The Balaban J connectivity index is 2.63. The van der Waals surface area contributed by atoms with Crippen molar-refractivity contribution in [2.75, 3.05) is 0 Å². The maximum Gasteiger partial charge on any atom is 0.204 e. The first kappa shape index (κ1) is 13.0. The third kappa shape index (κ3) is 2.38. The summed E-state index contributed by atoms with van der Waals surface area (Å²) in [5.41, 5.74) is 4.79. The zero-order valence-electron chi connectivity index (χ0n) is 10.7. The minimum absolute atomic E-state index is 0.0236. The van der Waals surface area contributed by atoms with E-state index < -0.39 is 0 Å². The van der Waals surface area contributed by atoms with E-state index in [1.54, 1.807) is 6.07 Å². The van der Waals surface area contributed by atoms with Gasteiger partial charge in [-0.05, 0) is 44.0 Å². The topological polar surface area (TPSA) is 34.9 Å². The van der Waals surface area contributed by atoms with Gasteiger partial charge in [0.1, 0.15) is 5.69 Å². The molecule has 0 N–H and O–H groups in total. The molecule has 0 saturated carbocycles. The summed E-state index contributed by atoms with van der Waals surface area (Å²) in [5, 5.41) is 4.86. The summed E-state index contributed by atoms with van der Waals surface area (Å²) in [5.74, 6) is 0. The fraction of sp³-hybridized carbons (Fsp3) is 0.286. The second kappa shape index (κ2) is 5.06. The van der Waals surface area contributed by atoms with Crippen molar-refractivity contribution in [3.8, 4) is 5.69 Å². The lowest BCUT2D eigenvalue weighted by Gasteiger charge is -2.12. The minimum Gasteiger partial charge on any atom is -0.288 e. The first-order valence-corrected chi connectivity index (χ1v) is 6.88. The predicted octanol–water partition coefficient (Wildman–Crippen LogP) is 3.05. The molecule has 18 heavy (non-hydrogen) atoms. The first-order valence-electron chi connectivity index (χ1n) is 5.76. The normalized spacial score (nSPS) is 10.7. The molecule has 0 unspecified atom stereocenters. The van der Waals surface area contributed by atoms with Crippen LogP contribution in [0.25, 0.3) is 5.69 Å². The largest absolute Gasteiger partial charge is 0.288 e. The lowest BCUT2D eigenvalue weighted by molar-refractivity contribution is 0.773. The molecule has 94 valence electrons. The second-order valence-corrected chi connectivity index (χ2v) is 4.97. The molecule has 0 atom stereocenters. The van der Waals surface area contributed by atoms with Gasteiger partial charge >= 0.3 is 0 Å². The molecule has 1 aromatic carbocycles. The van der Waals surface area contributed by atoms with E-state index in [2.05, 4.69) is 47.0 Å². The van der Waals surface area contributed by atoms with Gasteiger partial charge in [0.25, 0.3) is 0 Å². The molecule has 4 heteroatoms. The molecule has 0 aliphatic heterocycles. The van der Waals surface area contributed by atoms with Crippen molar-refractivity contribution in [3.05, 3.63) is 57.0 Å². The molecular formula is C14H15BrN2O. The summed E-state index contributed by atoms with van der Waals surface area (Å²) < 4.78 is 1.81. The maximum atomic E-state index is 11.7. The summed E-state index contributed by atoms with van der Waals surface area (Å²) >= 11 is 3.29. The zero-order valence-corrected chi connectivity index (χ0v) is 12.3. The van der Waals surface area contributed by atoms with E-state index in [4.69, 9.17) is 0 Å². The van der Waals surface area contributed by atoms with Crippen molar-refractivity contribution >= 4 is 15.9 Å². The number of hydrogen-bond acceptors (Lipinski definition) is 2. The Hall–Kier alpha value is -1.42. The van der Waals surface area contributed by atoms with Gasteiger partial charge in [-0.25, -0.2) is 4.68 Å². The highest BCUT2D eigenvalue weighted by atomic mass is 79.9. The fourth-order valence-electron chi connectivity index (χ4n) is 1.79. The van der Waals surface area contributed by atoms with Crippen LogP contribution in [0.4, 0.5) is 0 Å². The van der Waals surface area contributed by atoms with Crippen molar-refractivity contribution < 1.29 is 0 Å². The second-order valence-electron chi connectivity index (χ2n) is 4.41. The van der Waals surface area contributed by atoms with E-state index in [1.807, 2.05) is 17.7 Å². The standard InChI is InChI=1S/C14H15BrN2O/c1-9-4-5-12(6-10(9)2)17-11(3)7-14(18)13(8-15)16-17/h4-7H,8H2,1-3H3. The van der Waals surface area contributed by atoms with Gasteiger partial charge in [-0.2, -0.15) is 5.10 Å². The van der Waals surface area contributed by atoms with Gasteiger partial charge in [-0.15, -0.1) is 0 Å². The molecule has 0 fully saturated rings. The number of alkyl halides is 1. The van der Waals surface area contributed by atoms with Crippen LogP contribution in [0.2, 0.25) is 0 Å². The van der Waals surface area contributed by atoms with E-state index in [0.717, 1.165) is 11.4 Å². The Kier molecular flexibility index (Phi) is 3.66. The van der Waals surface area contributed by atoms with Gasteiger partial charge in [0.05, 0.1) is 11.0 Å². The Morgan fingerprint density at radius 2 is 1.89 bits per heavy atom. The number of nitrogens with zero attached hydrogens (tertiary/aromatic N) is 2. The SMILES string of the molecule is Cc1ccc(-n2nc(CBr)c(=O)cc2C)cc1C. The van der Waals surface area contributed by atoms with Crippen LogP contribution in [0.3, 0.4) is 0 Å². The molecule has 3 nitrogen and oxygen atoms in total. The van der Waals surface area contributed by atoms with E-state index in [9.17, 15) is 4.79 Å². The van der Waals surface area contributed by atoms with E-state index in [1.165, 1.54) is 11.1 Å². The molecule has 0 aliphatic rings. The summed E-state index contributed by atoms with van der Waals surface area (Å²) in [6.45, 7) is 6.04. The summed E-state index contributed by atoms with van der Waals surface area (Å²) in [6, 6.07) is 7.79. The first-order chi connectivity index (χ1) is 8.52. The number of halogens is 1. The molecular weight excluding hydrogens is 292 g/mol. The minimum atomic E-state index is -0.0236. The van der Waals surface area contributed by atoms with Crippen molar-refractivity contribution in [1.29, 1.82) is 0 Å². The lowest BCUT2D eigenvalue weighted by Crippen LogP contribution is -2.17. The van der Waals surface area contributed by atoms with E-state index in [0.29, 0.717) is 11.0 Å². The van der Waals surface area contributed by atoms with Crippen LogP contribution in [-0.2, 0) is 5.33 Å². The van der Waals surface area contributed by atoms with Gasteiger partial charge in [0.15, 0.2) is 0 Å². The third-order valence-electron chi connectivity index (χ3n) is 3.04.